The highest BCUT2D eigenvalue weighted by Gasteiger charge is 2.38. The molecule has 0 unspecified atom stereocenters. The predicted octanol–water partition coefficient (Wildman–Crippen LogP) is 1.06. The SMILES string of the molecule is CCC1(CO)CCN(S(=O)(=O)N(C)C(C)C)CC1. The van der Waals surface area contributed by atoms with Gasteiger partial charge in [-0.2, -0.15) is 17.0 Å². The molecule has 1 saturated heterocycles. The van der Waals surface area contributed by atoms with Crippen molar-refractivity contribution >= 4 is 10.2 Å². The van der Waals surface area contributed by atoms with Gasteiger partial charge in [0.25, 0.3) is 10.2 Å². The van der Waals surface area contributed by atoms with E-state index >= 15 is 0 Å². The van der Waals surface area contributed by atoms with Crippen LogP contribution in [0.3, 0.4) is 0 Å². The third kappa shape index (κ3) is 3.04. The van der Waals surface area contributed by atoms with Crippen LogP contribution in [0.15, 0.2) is 0 Å². The lowest BCUT2D eigenvalue weighted by atomic mass is 9.77. The Morgan fingerprint density at radius 2 is 1.83 bits per heavy atom. The molecule has 0 aromatic carbocycles. The number of rotatable bonds is 5. The minimum atomic E-state index is -3.34. The maximum atomic E-state index is 12.3. The minimum absolute atomic E-state index is 0.0364. The highest BCUT2D eigenvalue weighted by atomic mass is 32.2. The molecule has 0 aliphatic carbocycles. The van der Waals surface area contributed by atoms with Crippen molar-refractivity contribution in [2.45, 2.75) is 46.1 Å². The molecule has 1 aliphatic rings. The van der Waals surface area contributed by atoms with Gasteiger partial charge >= 0.3 is 0 Å². The summed E-state index contributed by atoms with van der Waals surface area (Å²) in [5, 5.41) is 9.45. The number of aliphatic hydroxyl groups excluding tert-OH is 1. The van der Waals surface area contributed by atoms with Crippen LogP contribution < -0.4 is 0 Å². The van der Waals surface area contributed by atoms with Crippen molar-refractivity contribution in [3.8, 4) is 0 Å². The maximum Gasteiger partial charge on any atom is 0.281 e. The second-order valence-corrected chi connectivity index (χ2v) is 7.52. The quantitative estimate of drug-likeness (QED) is 0.818. The molecule has 1 aliphatic heterocycles. The van der Waals surface area contributed by atoms with Gasteiger partial charge in [0.2, 0.25) is 0 Å². The highest BCUT2D eigenvalue weighted by molar-refractivity contribution is 7.86. The highest BCUT2D eigenvalue weighted by Crippen LogP contribution is 2.35. The van der Waals surface area contributed by atoms with Crippen molar-refractivity contribution in [1.82, 2.24) is 8.61 Å². The van der Waals surface area contributed by atoms with Gasteiger partial charge in [-0.15, -0.1) is 0 Å². The first-order chi connectivity index (χ1) is 8.29. The van der Waals surface area contributed by atoms with E-state index in [9.17, 15) is 13.5 Å². The van der Waals surface area contributed by atoms with Crippen LogP contribution in [0.2, 0.25) is 0 Å². The second kappa shape index (κ2) is 5.86. The second-order valence-electron chi connectivity index (χ2n) is 5.53. The van der Waals surface area contributed by atoms with Crippen LogP contribution >= 0.6 is 0 Å². The van der Waals surface area contributed by atoms with E-state index in [1.807, 2.05) is 13.8 Å². The van der Waals surface area contributed by atoms with E-state index in [1.165, 1.54) is 8.61 Å². The van der Waals surface area contributed by atoms with E-state index in [4.69, 9.17) is 0 Å². The van der Waals surface area contributed by atoms with Gasteiger partial charge in [-0.3, -0.25) is 0 Å². The number of piperidine rings is 1. The average molecular weight is 278 g/mol. The molecule has 1 fully saturated rings. The summed E-state index contributed by atoms with van der Waals surface area (Å²) in [5.41, 5.74) is -0.0809. The summed E-state index contributed by atoms with van der Waals surface area (Å²) in [5.74, 6) is 0. The largest absolute Gasteiger partial charge is 0.396 e. The summed E-state index contributed by atoms with van der Waals surface area (Å²) in [7, 11) is -1.72. The molecule has 0 bridgehead atoms. The van der Waals surface area contributed by atoms with Gasteiger partial charge in [0.1, 0.15) is 0 Å². The Hall–Kier alpha value is -0.170. The molecule has 1 rings (SSSR count). The van der Waals surface area contributed by atoms with E-state index in [-0.39, 0.29) is 18.1 Å². The molecule has 1 heterocycles. The Morgan fingerprint density at radius 3 is 2.17 bits per heavy atom. The zero-order chi connectivity index (χ0) is 14.0. The van der Waals surface area contributed by atoms with Gasteiger partial charge in [0, 0.05) is 32.8 Å². The first kappa shape index (κ1) is 15.9. The van der Waals surface area contributed by atoms with Crippen molar-refractivity contribution in [2.75, 3.05) is 26.7 Å². The van der Waals surface area contributed by atoms with Gasteiger partial charge in [-0.05, 0) is 38.5 Å². The van der Waals surface area contributed by atoms with Crippen molar-refractivity contribution in [3.63, 3.8) is 0 Å². The van der Waals surface area contributed by atoms with Crippen molar-refractivity contribution in [1.29, 1.82) is 0 Å². The van der Waals surface area contributed by atoms with E-state index in [1.54, 1.807) is 7.05 Å². The summed E-state index contributed by atoms with van der Waals surface area (Å²) in [6.45, 7) is 6.96. The van der Waals surface area contributed by atoms with Crippen LogP contribution in [0.5, 0.6) is 0 Å². The fraction of sp³-hybridized carbons (Fsp3) is 1.00. The minimum Gasteiger partial charge on any atom is -0.396 e. The Balaban J connectivity index is 2.74. The first-order valence-corrected chi connectivity index (χ1v) is 8.03. The summed E-state index contributed by atoms with van der Waals surface area (Å²) < 4.78 is 27.6. The molecule has 1 N–H and O–H groups in total. The van der Waals surface area contributed by atoms with Gasteiger partial charge in [0.05, 0.1) is 0 Å². The summed E-state index contributed by atoms with van der Waals surface area (Å²) in [4.78, 5) is 0. The van der Waals surface area contributed by atoms with Gasteiger partial charge in [0.15, 0.2) is 0 Å². The van der Waals surface area contributed by atoms with Crippen LogP contribution in [0.4, 0.5) is 0 Å². The smallest absolute Gasteiger partial charge is 0.281 e. The first-order valence-electron chi connectivity index (χ1n) is 6.63. The summed E-state index contributed by atoms with van der Waals surface area (Å²) >= 11 is 0. The Morgan fingerprint density at radius 1 is 1.33 bits per heavy atom. The molecule has 0 aromatic heterocycles. The Kier molecular flexibility index (Phi) is 5.17. The number of hydrogen-bond donors (Lipinski definition) is 1. The van der Waals surface area contributed by atoms with E-state index in [2.05, 4.69) is 6.92 Å². The van der Waals surface area contributed by atoms with Crippen LogP contribution in [-0.4, -0.2) is 54.9 Å². The van der Waals surface area contributed by atoms with E-state index in [0.29, 0.717) is 13.1 Å². The van der Waals surface area contributed by atoms with Crippen LogP contribution in [-0.2, 0) is 10.2 Å². The molecule has 0 spiro atoms. The number of aliphatic hydroxyl groups is 1. The molecule has 18 heavy (non-hydrogen) atoms. The van der Waals surface area contributed by atoms with Crippen molar-refractivity contribution < 1.29 is 13.5 Å². The monoisotopic (exact) mass is 278 g/mol. The van der Waals surface area contributed by atoms with Gasteiger partial charge < -0.3 is 5.11 Å². The average Bonchev–Trinajstić information content (AvgIpc) is 2.37. The normalized spacial score (nSPS) is 21.7. The molecular weight excluding hydrogens is 252 g/mol. The molecule has 0 amide bonds. The third-order valence-corrected chi connectivity index (χ3v) is 6.45. The van der Waals surface area contributed by atoms with Crippen molar-refractivity contribution in [3.05, 3.63) is 0 Å². The molecule has 0 saturated carbocycles. The number of nitrogens with zero attached hydrogens (tertiary/aromatic N) is 2. The molecule has 0 aromatic rings. The molecule has 0 atom stereocenters. The van der Waals surface area contributed by atoms with Crippen LogP contribution in [0.25, 0.3) is 0 Å². The maximum absolute atomic E-state index is 12.3. The Bertz CT molecular complexity index is 354. The van der Waals surface area contributed by atoms with Gasteiger partial charge in [-0.25, -0.2) is 0 Å². The fourth-order valence-corrected chi connectivity index (χ4v) is 3.80. The predicted molar refractivity (Wildman–Crippen MR) is 72.4 cm³/mol. The fourth-order valence-electron chi connectivity index (χ4n) is 2.26. The van der Waals surface area contributed by atoms with Crippen LogP contribution in [0.1, 0.15) is 40.0 Å². The van der Waals surface area contributed by atoms with E-state index in [0.717, 1.165) is 19.3 Å². The topological polar surface area (TPSA) is 60.9 Å². The van der Waals surface area contributed by atoms with Gasteiger partial charge in [-0.1, -0.05) is 6.92 Å². The molecule has 5 nitrogen and oxygen atoms in total. The Labute approximate surface area is 111 Å². The summed E-state index contributed by atoms with van der Waals surface area (Å²) in [6.07, 6.45) is 2.38. The standard InChI is InChI=1S/C12H26N2O3S/c1-5-12(10-15)6-8-14(9-7-12)18(16,17)13(4)11(2)3/h11,15H,5-10H2,1-4H3. The molecule has 108 valence electrons. The number of hydrogen-bond acceptors (Lipinski definition) is 3. The van der Waals surface area contributed by atoms with Crippen molar-refractivity contribution in [2.24, 2.45) is 5.41 Å². The molecule has 6 heteroatoms. The lowest BCUT2D eigenvalue weighted by Crippen LogP contribution is -2.50. The van der Waals surface area contributed by atoms with Crippen LogP contribution in [0, 0.1) is 5.41 Å². The third-order valence-electron chi connectivity index (χ3n) is 4.29. The zero-order valence-electron chi connectivity index (χ0n) is 11.9. The zero-order valence-corrected chi connectivity index (χ0v) is 12.7. The lowest BCUT2D eigenvalue weighted by Gasteiger charge is -2.41. The molecular formula is C12H26N2O3S. The van der Waals surface area contributed by atoms with E-state index < -0.39 is 10.2 Å². The molecule has 0 radical (unpaired) electrons. The lowest BCUT2D eigenvalue weighted by molar-refractivity contribution is 0.0630. The summed E-state index contributed by atoms with van der Waals surface area (Å²) in [6, 6.07) is -0.0364.